The first-order valence-corrected chi connectivity index (χ1v) is 7.55. The molecule has 1 amide bonds. The number of carbonyl (C=O) groups excluding carboxylic acids is 1. The van der Waals surface area contributed by atoms with Crippen LogP contribution in [-0.4, -0.2) is 41.0 Å². The third-order valence-corrected chi connectivity index (χ3v) is 3.72. The van der Waals surface area contributed by atoms with Gasteiger partial charge in [0.05, 0.1) is 18.2 Å². The number of aromatic nitrogens is 1. The number of halogens is 4. The van der Waals surface area contributed by atoms with Crippen molar-refractivity contribution >= 4 is 18.3 Å². The van der Waals surface area contributed by atoms with Crippen LogP contribution in [0.2, 0.25) is 0 Å². The van der Waals surface area contributed by atoms with E-state index in [0.29, 0.717) is 25.9 Å². The van der Waals surface area contributed by atoms with Gasteiger partial charge in [0, 0.05) is 25.2 Å². The zero-order valence-electron chi connectivity index (χ0n) is 13.3. The number of hydrogen-bond acceptors (Lipinski definition) is 4. The molecule has 5 nitrogen and oxygen atoms in total. The molecule has 1 aromatic heterocycles. The molecule has 136 valence electrons. The van der Waals surface area contributed by atoms with Gasteiger partial charge in [-0.05, 0) is 12.5 Å². The van der Waals surface area contributed by atoms with Gasteiger partial charge in [0.1, 0.15) is 6.10 Å². The largest absolute Gasteiger partial charge is 0.472 e. The number of amides is 1. The van der Waals surface area contributed by atoms with Crippen molar-refractivity contribution in [3.8, 4) is 5.88 Å². The lowest BCUT2D eigenvalue weighted by molar-refractivity contribution is -0.138. The Kier molecular flexibility index (Phi) is 7.28. The highest BCUT2D eigenvalue weighted by atomic mass is 35.5. The highest BCUT2D eigenvalue weighted by Crippen LogP contribution is 2.29. The van der Waals surface area contributed by atoms with Crippen molar-refractivity contribution in [1.29, 1.82) is 0 Å². The summed E-state index contributed by atoms with van der Waals surface area (Å²) in [7, 11) is 0. The summed E-state index contributed by atoms with van der Waals surface area (Å²) < 4.78 is 42.9. The summed E-state index contributed by atoms with van der Waals surface area (Å²) in [5.74, 6) is 0.00786. The second-order valence-corrected chi connectivity index (χ2v) is 5.59. The molecule has 1 aliphatic rings. The number of alkyl halides is 3. The molecular formula is C15H21ClF3N3O2. The average molecular weight is 368 g/mol. The fourth-order valence-electron chi connectivity index (χ4n) is 2.48. The molecular weight excluding hydrogens is 347 g/mol. The van der Waals surface area contributed by atoms with Crippen LogP contribution in [0.4, 0.5) is 13.2 Å². The molecule has 2 N–H and O–H groups in total. The minimum Gasteiger partial charge on any atom is -0.472 e. The molecule has 0 aliphatic carbocycles. The van der Waals surface area contributed by atoms with Gasteiger partial charge in [0.25, 0.3) is 0 Å². The van der Waals surface area contributed by atoms with Crippen LogP contribution in [0.5, 0.6) is 5.88 Å². The second kappa shape index (κ2) is 8.53. The minimum atomic E-state index is -4.42. The Morgan fingerprint density at radius 2 is 2.21 bits per heavy atom. The van der Waals surface area contributed by atoms with Gasteiger partial charge < -0.3 is 15.4 Å². The van der Waals surface area contributed by atoms with Gasteiger partial charge in [0.2, 0.25) is 11.8 Å². The van der Waals surface area contributed by atoms with Crippen LogP contribution >= 0.6 is 12.4 Å². The SMILES string of the molecule is CCCC(N)C(=O)N1CCC(Oc2ccc(C(F)(F)F)cn2)C1.Cl. The molecule has 0 aromatic carbocycles. The standard InChI is InChI=1S/C15H20F3N3O2.ClH/c1-2-3-12(19)14(22)21-7-6-11(9-21)23-13-5-4-10(8-20-13)15(16,17)18;/h4-5,8,11-12H,2-3,6-7,9,19H2,1H3;1H. The van der Waals surface area contributed by atoms with E-state index in [2.05, 4.69) is 4.98 Å². The summed E-state index contributed by atoms with van der Waals surface area (Å²) in [6.07, 6.45) is -1.90. The average Bonchev–Trinajstić information content (AvgIpc) is 2.95. The lowest BCUT2D eigenvalue weighted by atomic mass is 10.1. The van der Waals surface area contributed by atoms with E-state index in [4.69, 9.17) is 10.5 Å². The maximum absolute atomic E-state index is 12.5. The molecule has 1 fully saturated rings. The first-order chi connectivity index (χ1) is 10.8. The monoisotopic (exact) mass is 367 g/mol. The number of rotatable bonds is 5. The van der Waals surface area contributed by atoms with Crippen molar-refractivity contribution in [1.82, 2.24) is 9.88 Å². The number of likely N-dealkylation sites (tertiary alicyclic amines) is 1. The molecule has 0 radical (unpaired) electrons. The number of nitrogens with two attached hydrogens (primary N) is 1. The van der Waals surface area contributed by atoms with E-state index in [9.17, 15) is 18.0 Å². The molecule has 2 atom stereocenters. The first-order valence-electron chi connectivity index (χ1n) is 7.55. The van der Waals surface area contributed by atoms with E-state index in [0.717, 1.165) is 18.7 Å². The van der Waals surface area contributed by atoms with E-state index in [1.807, 2.05) is 6.92 Å². The number of ether oxygens (including phenoxy) is 1. The van der Waals surface area contributed by atoms with E-state index in [1.165, 1.54) is 6.07 Å². The first kappa shape index (κ1) is 20.5. The van der Waals surface area contributed by atoms with Crippen molar-refractivity contribution < 1.29 is 22.7 Å². The maximum atomic E-state index is 12.5. The Morgan fingerprint density at radius 3 is 2.75 bits per heavy atom. The van der Waals surface area contributed by atoms with Crippen LogP contribution in [0.15, 0.2) is 18.3 Å². The molecule has 1 aromatic rings. The Balaban J connectivity index is 0.00000288. The Morgan fingerprint density at radius 1 is 1.50 bits per heavy atom. The molecule has 0 saturated carbocycles. The van der Waals surface area contributed by atoms with E-state index < -0.39 is 17.8 Å². The minimum absolute atomic E-state index is 0. The Hall–Kier alpha value is -1.54. The van der Waals surface area contributed by atoms with Gasteiger partial charge in [-0.15, -0.1) is 12.4 Å². The maximum Gasteiger partial charge on any atom is 0.417 e. The van der Waals surface area contributed by atoms with E-state index in [-0.39, 0.29) is 30.3 Å². The molecule has 2 rings (SSSR count). The highest BCUT2D eigenvalue weighted by molar-refractivity contribution is 5.85. The Bertz CT molecular complexity index is 540. The van der Waals surface area contributed by atoms with Crippen molar-refractivity contribution in [2.75, 3.05) is 13.1 Å². The smallest absolute Gasteiger partial charge is 0.417 e. The van der Waals surface area contributed by atoms with Crippen molar-refractivity contribution in [3.63, 3.8) is 0 Å². The summed E-state index contributed by atoms with van der Waals surface area (Å²) in [6, 6.07) is 1.61. The molecule has 1 aliphatic heterocycles. The van der Waals surface area contributed by atoms with Gasteiger partial charge >= 0.3 is 6.18 Å². The molecule has 24 heavy (non-hydrogen) atoms. The molecule has 0 spiro atoms. The lowest BCUT2D eigenvalue weighted by Crippen LogP contribution is -2.43. The van der Waals surface area contributed by atoms with Crippen LogP contribution in [0.3, 0.4) is 0 Å². The third kappa shape index (κ3) is 5.24. The van der Waals surface area contributed by atoms with Crippen LogP contribution in [0.1, 0.15) is 31.7 Å². The summed E-state index contributed by atoms with van der Waals surface area (Å²) in [5.41, 5.74) is 4.99. The van der Waals surface area contributed by atoms with Gasteiger partial charge in [-0.2, -0.15) is 13.2 Å². The second-order valence-electron chi connectivity index (χ2n) is 5.59. The number of nitrogens with zero attached hydrogens (tertiary/aromatic N) is 2. The third-order valence-electron chi connectivity index (χ3n) is 3.72. The van der Waals surface area contributed by atoms with E-state index >= 15 is 0 Å². The van der Waals surface area contributed by atoms with E-state index in [1.54, 1.807) is 4.90 Å². The van der Waals surface area contributed by atoms with Crippen molar-refractivity contribution in [2.45, 2.75) is 44.5 Å². The van der Waals surface area contributed by atoms with Crippen LogP contribution < -0.4 is 10.5 Å². The molecule has 2 unspecified atom stereocenters. The summed E-state index contributed by atoms with van der Waals surface area (Å²) >= 11 is 0. The fraction of sp³-hybridized carbons (Fsp3) is 0.600. The van der Waals surface area contributed by atoms with Gasteiger partial charge in [0.15, 0.2) is 0 Å². The van der Waals surface area contributed by atoms with Gasteiger partial charge in [-0.1, -0.05) is 13.3 Å². The van der Waals surface area contributed by atoms with Gasteiger partial charge in [-0.25, -0.2) is 4.98 Å². The predicted octanol–water partition coefficient (Wildman–Crippen LogP) is 2.63. The van der Waals surface area contributed by atoms with Crippen molar-refractivity contribution in [3.05, 3.63) is 23.9 Å². The van der Waals surface area contributed by atoms with Crippen LogP contribution in [-0.2, 0) is 11.0 Å². The summed E-state index contributed by atoms with van der Waals surface area (Å²) in [4.78, 5) is 17.4. The molecule has 9 heteroatoms. The highest BCUT2D eigenvalue weighted by Gasteiger charge is 2.32. The quantitative estimate of drug-likeness (QED) is 0.868. The number of pyridine rings is 1. The Labute approximate surface area is 144 Å². The van der Waals surface area contributed by atoms with Gasteiger partial charge in [-0.3, -0.25) is 4.79 Å². The fourth-order valence-corrected chi connectivity index (χ4v) is 2.48. The summed E-state index contributed by atoms with van der Waals surface area (Å²) in [6.45, 7) is 2.86. The number of hydrogen-bond donors (Lipinski definition) is 1. The molecule has 1 saturated heterocycles. The predicted molar refractivity (Wildman–Crippen MR) is 85.0 cm³/mol. The normalized spacial score (nSPS) is 18.9. The van der Waals surface area contributed by atoms with Crippen LogP contribution in [0.25, 0.3) is 0 Å². The zero-order valence-corrected chi connectivity index (χ0v) is 14.1. The van der Waals surface area contributed by atoms with Crippen LogP contribution in [0, 0.1) is 0 Å². The molecule has 2 heterocycles. The molecule has 0 bridgehead atoms. The summed E-state index contributed by atoms with van der Waals surface area (Å²) in [5, 5.41) is 0. The topological polar surface area (TPSA) is 68.5 Å². The number of carbonyl (C=O) groups is 1. The lowest BCUT2D eigenvalue weighted by Gasteiger charge is -2.20. The van der Waals surface area contributed by atoms with Crippen molar-refractivity contribution in [2.24, 2.45) is 5.73 Å². The zero-order chi connectivity index (χ0) is 17.0.